The molecule has 1 aromatic rings. The van der Waals surface area contributed by atoms with Gasteiger partial charge in [0, 0.05) is 5.69 Å². The molecule has 0 aromatic heterocycles. The third-order valence-corrected chi connectivity index (χ3v) is 3.24. The van der Waals surface area contributed by atoms with Gasteiger partial charge < -0.3 is 10.1 Å². The zero-order valence-corrected chi connectivity index (χ0v) is 10.4. The number of aryl methyl sites for hydroxylation is 1. The summed E-state index contributed by atoms with van der Waals surface area (Å²) in [6.07, 6.45) is -4.87. The number of esters is 1. The van der Waals surface area contributed by atoms with Gasteiger partial charge in [0.25, 0.3) is 0 Å². The van der Waals surface area contributed by atoms with Crippen molar-refractivity contribution < 1.29 is 22.7 Å². The van der Waals surface area contributed by atoms with Gasteiger partial charge in [0.15, 0.2) is 0 Å². The standard InChI is InChI=1S/C13H14F3NO2/c1-2-19-11(18)12(13(14,15)16)8-7-9-5-3-4-6-10(9)17-12/h3-6,17H,2,7-8H2,1H3. The topological polar surface area (TPSA) is 38.3 Å². The Morgan fingerprint density at radius 2 is 2.11 bits per heavy atom. The van der Waals surface area contributed by atoms with Crippen molar-refractivity contribution in [1.82, 2.24) is 0 Å². The molecule has 0 radical (unpaired) electrons. The number of fused-ring (bicyclic) bond motifs is 1. The van der Waals surface area contributed by atoms with Gasteiger partial charge in [0.1, 0.15) is 0 Å². The molecule has 0 spiro atoms. The molecule has 0 saturated carbocycles. The molecule has 104 valence electrons. The molecule has 1 N–H and O–H groups in total. The number of hydrogen-bond acceptors (Lipinski definition) is 3. The van der Waals surface area contributed by atoms with Crippen molar-refractivity contribution in [2.45, 2.75) is 31.5 Å². The van der Waals surface area contributed by atoms with Crippen LogP contribution >= 0.6 is 0 Å². The third kappa shape index (κ3) is 2.27. The van der Waals surface area contributed by atoms with Gasteiger partial charge in [-0.1, -0.05) is 18.2 Å². The van der Waals surface area contributed by atoms with Crippen LogP contribution in [0.4, 0.5) is 18.9 Å². The number of nitrogens with one attached hydrogen (secondary N) is 1. The number of halogens is 3. The van der Waals surface area contributed by atoms with Crippen molar-refractivity contribution in [1.29, 1.82) is 0 Å². The largest absolute Gasteiger partial charge is 0.464 e. The maximum atomic E-state index is 13.3. The number of rotatable bonds is 2. The molecule has 0 fully saturated rings. The van der Waals surface area contributed by atoms with Crippen LogP contribution in [0.3, 0.4) is 0 Å². The number of ether oxygens (including phenoxy) is 1. The lowest BCUT2D eigenvalue weighted by Crippen LogP contribution is -2.60. The van der Waals surface area contributed by atoms with Crippen molar-refractivity contribution in [3.05, 3.63) is 29.8 Å². The van der Waals surface area contributed by atoms with E-state index in [0.717, 1.165) is 5.56 Å². The Hall–Kier alpha value is -1.72. The van der Waals surface area contributed by atoms with E-state index < -0.39 is 17.7 Å². The van der Waals surface area contributed by atoms with E-state index >= 15 is 0 Å². The number of anilines is 1. The summed E-state index contributed by atoms with van der Waals surface area (Å²) in [5.74, 6) is -1.27. The molecule has 3 nitrogen and oxygen atoms in total. The molecule has 1 aromatic carbocycles. The van der Waals surface area contributed by atoms with E-state index in [-0.39, 0.29) is 19.4 Å². The molecule has 2 rings (SSSR count). The summed E-state index contributed by atoms with van der Waals surface area (Å²) < 4.78 is 44.5. The minimum absolute atomic E-state index is 0.0833. The zero-order chi connectivity index (χ0) is 14.1. The Kier molecular flexibility index (Phi) is 3.43. The van der Waals surface area contributed by atoms with Crippen molar-refractivity contribution in [3.8, 4) is 0 Å². The van der Waals surface area contributed by atoms with Crippen molar-refractivity contribution in [2.75, 3.05) is 11.9 Å². The summed E-state index contributed by atoms with van der Waals surface area (Å²) in [6, 6.07) is 6.66. The molecule has 6 heteroatoms. The Bertz CT molecular complexity index is 487. The fourth-order valence-corrected chi connectivity index (χ4v) is 2.21. The molecule has 19 heavy (non-hydrogen) atoms. The second-order valence-corrected chi connectivity index (χ2v) is 4.41. The van der Waals surface area contributed by atoms with Crippen LogP contribution in [0.25, 0.3) is 0 Å². The van der Waals surface area contributed by atoms with Crippen LogP contribution in [0.1, 0.15) is 18.9 Å². The lowest BCUT2D eigenvalue weighted by molar-refractivity contribution is -0.202. The lowest BCUT2D eigenvalue weighted by Gasteiger charge is -2.38. The van der Waals surface area contributed by atoms with Crippen molar-refractivity contribution >= 4 is 11.7 Å². The number of carbonyl (C=O) groups excluding carboxylic acids is 1. The lowest BCUT2D eigenvalue weighted by atomic mass is 9.85. The van der Waals surface area contributed by atoms with E-state index in [2.05, 4.69) is 10.1 Å². The Morgan fingerprint density at radius 1 is 1.42 bits per heavy atom. The number of benzene rings is 1. The van der Waals surface area contributed by atoms with Gasteiger partial charge in [0.05, 0.1) is 6.61 Å². The minimum Gasteiger partial charge on any atom is -0.464 e. The van der Waals surface area contributed by atoms with Crippen molar-refractivity contribution in [2.24, 2.45) is 0 Å². The van der Waals surface area contributed by atoms with E-state index in [0.29, 0.717) is 5.69 Å². The maximum Gasteiger partial charge on any atom is 0.422 e. The van der Waals surface area contributed by atoms with Crippen LogP contribution in [0, 0.1) is 0 Å². The Labute approximate surface area is 108 Å². The molecular weight excluding hydrogens is 259 g/mol. The first kappa shape index (κ1) is 13.7. The summed E-state index contributed by atoms with van der Waals surface area (Å²) in [7, 11) is 0. The molecule has 0 saturated heterocycles. The molecule has 1 unspecified atom stereocenters. The highest BCUT2D eigenvalue weighted by Gasteiger charge is 2.62. The Morgan fingerprint density at radius 3 is 2.74 bits per heavy atom. The SMILES string of the molecule is CCOC(=O)C1(C(F)(F)F)CCc2ccccc2N1. The van der Waals surface area contributed by atoms with E-state index in [1.165, 1.54) is 13.0 Å². The Balaban J connectivity index is 2.40. The monoisotopic (exact) mass is 273 g/mol. The van der Waals surface area contributed by atoms with E-state index in [9.17, 15) is 18.0 Å². The van der Waals surface area contributed by atoms with Crippen molar-refractivity contribution in [3.63, 3.8) is 0 Å². The highest BCUT2D eigenvalue weighted by atomic mass is 19.4. The van der Waals surface area contributed by atoms with Gasteiger partial charge in [-0.25, -0.2) is 4.79 Å². The van der Waals surface area contributed by atoms with Gasteiger partial charge in [-0.3, -0.25) is 0 Å². The zero-order valence-electron chi connectivity index (χ0n) is 10.4. The normalized spacial score (nSPS) is 22.3. The fraction of sp³-hybridized carbons (Fsp3) is 0.462. The molecule has 1 heterocycles. The summed E-state index contributed by atoms with van der Waals surface area (Å²) in [4.78, 5) is 11.8. The van der Waals surface area contributed by atoms with Crippen LogP contribution in [-0.2, 0) is 16.0 Å². The molecule has 1 aliphatic rings. The van der Waals surface area contributed by atoms with Crippen LogP contribution < -0.4 is 5.32 Å². The molecule has 1 atom stereocenters. The average molecular weight is 273 g/mol. The van der Waals surface area contributed by atoms with E-state index in [1.54, 1.807) is 18.2 Å². The summed E-state index contributed by atoms with van der Waals surface area (Å²) in [5.41, 5.74) is -1.54. The van der Waals surface area contributed by atoms with E-state index in [1.807, 2.05) is 0 Å². The van der Waals surface area contributed by atoms with Crippen LogP contribution in [0.15, 0.2) is 24.3 Å². The number of carbonyl (C=O) groups is 1. The second-order valence-electron chi connectivity index (χ2n) is 4.41. The summed E-state index contributed by atoms with van der Waals surface area (Å²) >= 11 is 0. The molecule has 1 aliphatic heterocycles. The highest BCUT2D eigenvalue weighted by molar-refractivity contribution is 5.87. The van der Waals surface area contributed by atoms with Crippen LogP contribution in [0.2, 0.25) is 0 Å². The van der Waals surface area contributed by atoms with Gasteiger partial charge >= 0.3 is 12.1 Å². The van der Waals surface area contributed by atoms with Gasteiger partial charge in [0.2, 0.25) is 5.54 Å². The summed E-state index contributed by atoms with van der Waals surface area (Å²) in [6.45, 7) is 1.40. The second kappa shape index (κ2) is 4.75. The van der Waals surface area contributed by atoms with E-state index in [4.69, 9.17) is 0 Å². The number of para-hydroxylation sites is 1. The predicted octanol–water partition coefficient (Wildman–Crippen LogP) is 2.91. The summed E-state index contributed by atoms with van der Waals surface area (Å²) in [5, 5.41) is 2.34. The average Bonchev–Trinajstić information content (AvgIpc) is 2.37. The molecule has 0 amide bonds. The van der Waals surface area contributed by atoms with Gasteiger partial charge in [-0.05, 0) is 31.4 Å². The van der Waals surface area contributed by atoms with Gasteiger partial charge in [-0.15, -0.1) is 0 Å². The molecule has 0 bridgehead atoms. The smallest absolute Gasteiger partial charge is 0.422 e. The molecular formula is C13H14F3NO2. The number of hydrogen-bond donors (Lipinski definition) is 1. The first-order valence-electron chi connectivity index (χ1n) is 6.01. The fourth-order valence-electron chi connectivity index (χ4n) is 2.21. The highest BCUT2D eigenvalue weighted by Crippen LogP contribution is 2.42. The first-order valence-corrected chi connectivity index (χ1v) is 6.01. The van der Waals surface area contributed by atoms with Crippen LogP contribution in [-0.4, -0.2) is 24.3 Å². The predicted molar refractivity (Wildman–Crippen MR) is 63.8 cm³/mol. The maximum absolute atomic E-state index is 13.3. The van der Waals surface area contributed by atoms with Gasteiger partial charge in [-0.2, -0.15) is 13.2 Å². The first-order chi connectivity index (χ1) is 8.90. The molecule has 0 aliphatic carbocycles. The number of alkyl halides is 3. The minimum atomic E-state index is -4.70. The van der Waals surface area contributed by atoms with Crippen LogP contribution in [0.5, 0.6) is 0 Å². The quantitative estimate of drug-likeness (QED) is 0.842. The third-order valence-electron chi connectivity index (χ3n) is 3.24.